The minimum atomic E-state index is 0. The summed E-state index contributed by atoms with van der Waals surface area (Å²) in [5, 5.41) is 10.6. The molecule has 3 aliphatic rings. The van der Waals surface area contributed by atoms with Crippen molar-refractivity contribution in [2.75, 3.05) is 32.8 Å². The molecule has 0 radical (unpaired) electrons. The van der Waals surface area contributed by atoms with Crippen molar-refractivity contribution >= 4 is 0 Å². The summed E-state index contributed by atoms with van der Waals surface area (Å²) < 4.78 is 0. The Balaban J connectivity index is 0.00000144. The first-order valence-electron chi connectivity index (χ1n) is 6.56. The van der Waals surface area contributed by atoms with E-state index in [1.54, 1.807) is 0 Å². The van der Waals surface area contributed by atoms with Crippen LogP contribution < -0.4 is 56.5 Å². The third-order valence-corrected chi connectivity index (χ3v) is 3.95. The summed E-state index contributed by atoms with van der Waals surface area (Å²) in [6.45, 7) is 11.3. The van der Waals surface area contributed by atoms with E-state index in [4.69, 9.17) is 0 Å². The fourth-order valence-electron chi connectivity index (χ4n) is 2.92. The van der Waals surface area contributed by atoms with E-state index in [1.165, 1.54) is 32.5 Å². The molecule has 3 nitrogen and oxygen atoms in total. The van der Waals surface area contributed by atoms with Crippen LogP contribution in [0.1, 0.15) is 33.6 Å². The number of piperazine rings is 1. The largest absolute Gasteiger partial charge is 1.00 e. The molecule has 0 spiro atoms. The minimum absolute atomic E-state index is 0. The molecule has 4 heteroatoms. The Bertz CT molecular complexity index is 230. The van der Waals surface area contributed by atoms with Gasteiger partial charge < -0.3 is 10.0 Å². The monoisotopic (exact) mass is 264 g/mol. The molecule has 17 heavy (non-hydrogen) atoms. The van der Waals surface area contributed by atoms with Crippen molar-refractivity contribution in [2.24, 2.45) is 5.41 Å². The normalized spacial score (nSPS) is 29.6. The van der Waals surface area contributed by atoms with Crippen molar-refractivity contribution < 1.29 is 56.5 Å². The Hall–Kier alpha value is 1.52. The summed E-state index contributed by atoms with van der Waals surface area (Å²) in [6, 6.07) is 1.38. The molecule has 0 saturated carbocycles. The van der Waals surface area contributed by atoms with Gasteiger partial charge in [0.2, 0.25) is 0 Å². The van der Waals surface area contributed by atoms with Crippen LogP contribution in [0.4, 0.5) is 0 Å². The van der Waals surface area contributed by atoms with E-state index in [-0.39, 0.29) is 58.0 Å². The van der Waals surface area contributed by atoms with Crippen LogP contribution in [0.5, 0.6) is 0 Å². The maximum Gasteiger partial charge on any atom is 1.00 e. The molecule has 0 N–H and O–H groups in total. The zero-order chi connectivity index (χ0) is 11.8. The third-order valence-electron chi connectivity index (χ3n) is 3.95. The molecule has 0 aromatic rings. The quantitative estimate of drug-likeness (QED) is 0.528. The summed E-state index contributed by atoms with van der Waals surface area (Å²) >= 11 is 0. The van der Waals surface area contributed by atoms with Gasteiger partial charge in [-0.25, -0.2) is 0 Å². The van der Waals surface area contributed by atoms with Gasteiger partial charge in [-0.05, 0) is 31.3 Å². The second-order valence-corrected chi connectivity index (χ2v) is 6.56. The molecule has 3 aliphatic heterocycles. The number of fused-ring (bicyclic) bond motifs is 2. The minimum Gasteiger partial charge on any atom is -0.854 e. The van der Waals surface area contributed by atoms with Crippen molar-refractivity contribution in [1.82, 2.24) is 9.80 Å². The van der Waals surface area contributed by atoms with Gasteiger partial charge in [-0.15, -0.1) is 6.61 Å². The van der Waals surface area contributed by atoms with Crippen LogP contribution in [0.25, 0.3) is 0 Å². The van der Waals surface area contributed by atoms with Gasteiger partial charge in [0.1, 0.15) is 0 Å². The molecule has 2 unspecified atom stereocenters. The first kappa shape index (κ1) is 16.6. The molecular formula is C13H25KN2O. The van der Waals surface area contributed by atoms with Crippen molar-refractivity contribution in [1.29, 1.82) is 0 Å². The first-order chi connectivity index (χ1) is 7.49. The number of nitrogens with zero attached hydrogens (tertiary/aromatic N) is 2. The zero-order valence-corrected chi connectivity index (χ0v) is 15.0. The summed E-state index contributed by atoms with van der Waals surface area (Å²) in [7, 11) is 0. The fourth-order valence-corrected chi connectivity index (χ4v) is 2.92. The van der Waals surface area contributed by atoms with Crippen molar-refractivity contribution in [2.45, 2.75) is 45.7 Å². The van der Waals surface area contributed by atoms with E-state index in [1.807, 2.05) is 0 Å². The Morgan fingerprint density at radius 1 is 1.12 bits per heavy atom. The van der Waals surface area contributed by atoms with Gasteiger partial charge in [0, 0.05) is 25.2 Å². The summed E-state index contributed by atoms with van der Waals surface area (Å²) in [6.07, 6.45) is 2.60. The van der Waals surface area contributed by atoms with Crippen molar-refractivity contribution in [3.8, 4) is 0 Å². The molecule has 0 aromatic heterocycles. The van der Waals surface area contributed by atoms with Gasteiger partial charge in [0.15, 0.2) is 0 Å². The molecule has 3 rings (SSSR count). The third kappa shape index (κ3) is 4.53. The zero-order valence-electron chi connectivity index (χ0n) is 11.9. The number of rotatable bonds is 4. The number of hydrogen-bond donors (Lipinski definition) is 0. The maximum atomic E-state index is 10.6. The fraction of sp³-hybridized carbons (Fsp3) is 1.00. The molecule has 0 aromatic carbocycles. The average molecular weight is 264 g/mol. The number of piperidine rings is 1. The van der Waals surface area contributed by atoms with E-state index in [2.05, 4.69) is 30.6 Å². The van der Waals surface area contributed by atoms with Crippen molar-refractivity contribution in [3.63, 3.8) is 0 Å². The Morgan fingerprint density at radius 3 is 2.18 bits per heavy atom. The SMILES string of the molecule is CC(C)(C)CCN1CC2CC(C1)N2CC[O-].[K+]. The average Bonchev–Trinajstić information content (AvgIpc) is 2.22. The van der Waals surface area contributed by atoms with Crippen LogP contribution >= 0.6 is 0 Å². The van der Waals surface area contributed by atoms with Gasteiger partial charge in [0.25, 0.3) is 0 Å². The summed E-state index contributed by atoms with van der Waals surface area (Å²) in [5.74, 6) is 0. The maximum absolute atomic E-state index is 10.6. The van der Waals surface area contributed by atoms with E-state index in [0.717, 1.165) is 6.54 Å². The van der Waals surface area contributed by atoms with Gasteiger partial charge in [0.05, 0.1) is 0 Å². The van der Waals surface area contributed by atoms with Crippen molar-refractivity contribution in [3.05, 3.63) is 0 Å². The first-order valence-corrected chi connectivity index (χ1v) is 6.56. The predicted molar refractivity (Wildman–Crippen MR) is 64.3 cm³/mol. The topological polar surface area (TPSA) is 29.5 Å². The molecule has 3 heterocycles. The van der Waals surface area contributed by atoms with E-state index < -0.39 is 0 Å². The molecule has 3 saturated heterocycles. The van der Waals surface area contributed by atoms with E-state index in [9.17, 15) is 5.11 Å². The molecule has 2 atom stereocenters. The van der Waals surface area contributed by atoms with Crippen LogP contribution in [-0.4, -0.2) is 54.7 Å². The standard InChI is InChI=1S/C13H25N2O.K/c1-13(2,3)4-5-14-9-11-8-12(10-14)15(11)6-7-16;/h11-12H,4-10H2,1-3H3;/q-1;+1. The predicted octanol–water partition coefficient (Wildman–Crippen LogP) is -2.45. The second kappa shape index (κ2) is 6.80. The second-order valence-electron chi connectivity index (χ2n) is 6.56. The van der Waals surface area contributed by atoms with Gasteiger partial charge in [-0.1, -0.05) is 20.8 Å². The Morgan fingerprint density at radius 2 is 1.71 bits per heavy atom. The van der Waals surface area contributed by atoms with Crippen LogP contribution in [0.3, 0.4) is 0 Å². The van der Waals surface area contributed by atoms with Crippen LogP contribution in [0.2, 0.25) is 0 Å². The van der Waals surface area contributed by atoms with Crippen LogP contribution in [-0.2, 0) is 0 Å². The smallest absolute Gasteiger partial charge is 0.854 e. The molecule has 0 aliphatic carbocycles. The van der Waals surface area contributed by atoms with Gasteiger partial charge in [-0.2, -0.15) is 0 Å². The molecule has 94 valence electrons. The van der Waals surface area contributed by atoms with Gasteiger partial charge >= 0.3 is 51.4 Å². The van der Waals surface area contributed by atoms with Crippen LogP contribution in [0, 0.1) is 5.41 Å². The molecule has 2 bridgehead atoms. The molecular weight excluding hydrogens is 239 g/mol. The summed E-state index contributed by atoms with van der Waals surface area (Å²) in [5.41, 5.74) is 0.441. The van der Waals surface area contributed by atoms with Gasteiger partial charge in [-0.3, -0.25) is 4.90 Å². The summed E-state index contributed by atoms with van der Waals surface area (Å²) in [4.78, 5) is 5.01. The number of hydrogen-bond acceptors (Lipinski definition) is 3. The van der Waals surface area contributed by atoms with Crippen LogP contribution in [0.15, 0.2) is 0 Å². The Labute approximate surface area is 148 Å². The van der Waals surface area contributed by atoms with E-state index >= 15 is 0 Å². The molecule has 3 fully saturated rings. The molecule has 0 amide bonds. The van der Waals surface area contributed by atoms with E-state index in [0.29, 0.717) is 17.5 Å². The Kier molecular flexibility index (Phi) is 6.62.